The Morgan fingerprint density at radius 1 is 0.923 bits per heavy atom. The van der Waals surface area contributed by atoms with Crippen molar-refractivity contribution in [2.45, 2.75) is 27.7 Å². The Bertz CT molecular complexity index is 1410. The molecule has 0 aliphatic carbocycles. The number of amides is 3. The molecule has 0 spiro atoms. The molecule has 8 heteroatoms. The van der Waals surface area contributed by atoms with Gasteiger partial charge in [-0.25, -0.2) is 9.48 Å². The van der Waals surface area contributed by atoms with Crippen LogP contribution in [0.1, 0.15) is 25.1 Å². The molecule has 0 saturated carbocycles. The summed E-state index contributed by atoms with van der Waals surface area (Å²) >= 11 is 0. The third kappa shape index (κ3) is 6.84. The third-order valence-electron chi connectivity index (χ3n) is 6.21. The number of carbonyl (C=O) groups excluding carboxylic acids is 2. The first-order valence-corrected chi connectivity index (χ1v) is 13.0. The highest BCUT2D eigenvalue weighted by Gasteiger charge is 2.23. The lowest BCUT2D eigenvalue weighted by Gasteiger charge is -2.24. The van der Waals surface area contributed by atoms with Gasteiger partial charge in [-0.15, -0.1) is 0 Å². The van der Waals surface area contributed by atoms with E-state index in [1.54, 1.807) is 11.8 Å². The molecule has 202 valence electrons. The summed E-state index contributed by atoms with van der Waals surface area (Å²) in [5, 5.41) is 10.7. The number of nitrogens with one attached hydrogen (secondary N) is 2. The molecule has 0 atom stereocenters. The second kappa shape index (κ2) is 12.3. The average Bonchev–Trinajstić information content (AvgIpc) is 3.25. The molecular weight excluding hydrogens is 490 g/mol. The van der Waals surface area contributed by atoms with Crippen LogP contribution >= 0.6 is 0 Å². The van der Waals surface area contributed by atoms with E-state index in [9.17, 15) is 9.59 Å². The molecular formula is C31H35N5O3. The normalized spacial score (nSPS) is 10.8. The van der Waals surface area contributed by atoms with Crippen molar-refractivity contribution in [1.82, 2.24) is 14.7 Å². The predicted molar refractivity (Wildman–Crippen MR) is 156 cm³/mol. The first-order valence-electron chi connectivity index (χ1n) is 13.0. The molecule has 0 radical (unpaired) electrons. The lowest BCUT2D eigenvalue weighted by molar-refractivity contribution is -0.116. The van der Waals surface area contributed by atoms with Crippen LogP contribution in [0.5, 0.6) is 5.75 Å². The molecule has 1 heterocycles. The first-order chi connectivity index (χ1) is 18.7. The number of rotatable bonds is 9. The SMILES string of the molecule is COc1ccc(-n2nc(C)c(-c3ccccc3)c2NC(=O)CN(CC(C)C)C(=O)Nc2ccc(C)cc2)cc1. The smallest absolute Gasteiger partial charge is 0.322 e. The van der Waals surface area contributed by atoms with Crippen LogP contribution < -0.4 is 15.4 Å². The lowest BCUT2D eigenvalue weighted by Crippen LogP contribution is -2.42. The fourth-order valence-electron chi connectivity index (χ4n) is 4.35. The maximum Gasteiger partial charge on any atom is 0.322 e. The van der Waals surface area contributed by atoms with E-state index < -0.39 is 0 Å². The summed E-state index contributed by atoms with van der Waals surface area (Å²) in [5.74, 6) is 1.12. The van der Waals surface area contributed by atoms with Gasteiger partial charge in [0.25, 0.3) is 0 Å². The highest BCUT2D eigenvalue weighted by atomic mass is 16.5. The van der Waals surface area contributed by atoms with Crippen molar-refractivity contribution >= 4 is 23.4 Å². The molecule has 0 saturated heterocycles. The number of aromatic nitrogens is 2. The summed E-state index contributed by atoms with van der Waals surface area (Å²) in [6, 6.07) is 24.5. The zero-order valence-corrected chi connectivity index (χ0v) is 23.1. The highest BCUT2D eigenvalue weighted by Crippen LogP contribution is 2.33. The number of carbonyl (C=O) groups is 2. The standard InChI is InChI=1S/C31H35N5O3/c1-21(2)19-35(31(38)32-25-13-11-22(3)12-14-25)20-28(37)33-30-29(24-9-7-6-8-10-24)23(4)34-36(30)26-15-17-27(39-5)18-16-26/h6-18,21H,19-20H2,1-5H3,(H,32,38)(H,33,37). The van der Waals surface area contributed by atoms with E-state index in [2.05, 4.69) is 10.6 Å². The predicted octanol–water partition coefficient (Wildman–Crippen LogP) is 6.29. The summed E-state index contributed by atoms with van der Waals surface area (Å²) < 4.78 is 7.02. The van der Waals surface area contributed by atoms with Gasteiger partial charge in [0.05, 0.1) is 18.5 Å². The Hall–Kier alpha value is -4.59. The number of nitrogens with zero attached hydrogens (tertiary/aromatic N) is 3. The van der Waals surface area contributed by atoms with Crippen molar-refractivity contribution in [3.05, 3.63) is 90.1 Å². The number of urea groups is 1. The van der Waals surface area contributed by atoms with Crippen molar-refractivity contribution in [3.63, 3.8) is 0 Å². The van der Waals surface area contributed by atoms with Crippen LogP contribution in [0, 0.1) is 19.8 Å². The van der Waals surface area contributed by atoms with Crippen LogP contribution in [-0.4, -0.2) is 46.8 Å². The largest absolute Gasteiger partial charge is 0.497 e. The molecule has 3 amide bonds. The number of methoxy groups -OCH3 is 1. The Labute approximate surface area is 229 Å². The van der Waals surface area contributed by atoms with Gasteiger partial charge in [-0.1, -0.05) is 61.9 Å². The summed E-state index contributed by atoms with van der Waals surface area (Å²) in [6.45, 7) is 8.24. The number of hydrogen-bond acceptors (Lipinski definition) is 4. The van der Waals surface area contributed by atoms with Gasteiger partial charge in [-0.05, 0) is 61.7 Å². The summed E-state index contributed by atoms with van der Waals surface area (Å²) in [5.41, 5.74) is 5.07. The number of ether oxygens (including phenoxy) is 1. The minimum absolute atomic E-state index is 0.114. The second-order valence-corrected chi connectivity index (χ2v) is 9.90. The van der Waals surface area contributed by atoms with Gasteiger partial charge in [-0.2, -0.15) is 5.10 Å². The Balaban J connectivity index is 1.63. The van der Waals surface area contributed by atoms with E-state index in [1.807, 2.05) is 107 Å². The van der Waals surface area contributed by atoms with Crippen molar-refractivity contribution in [1.29, 1.82) is 0 Å². The zero-order valence-electron chi connectivity index (χ0n) is 23.1. The quantitative estimate of drug-likeness (QED) is 0.269. The van der Waals surface area contributed by atoms with Gasteiger partial charge in [0.15, 0.2) is 0 Å². The molecule has 1 aromatic heterocycles. The highest BCUT2D eigenvalue weighted by molar-refractivity contribution is 5.99. The van der Waals surface area contributed by atoms with Crippen LogP contribution in [-0.2, 0) is 4.79 Å². The van der Waals surface area contributed by atoms with E-state index in [0.29, 0.717) is 18.1 Å². The van der Waals surface area contributed by atoms with E-state index >= 15 is 0 Å². The lowest BCUT2D eigenvalue weighted by atomic mass is 10.1. The summed E-state index contributed by atoms with van der Waals surface area (Å²) in [4.78, 5) is 28.2. The Morgan fingerprint density at radius 2 is 1.59 bits per heavy atom. The number of anilines is 2. The van der Waals surface area contributed by atoms with Crippen LogP contribution in [0.2, 0.25) is 0 Å². The Morgan fingerprint density at radius 3 is 2.21 bits per heavy atom. The number of aryl methyl sites for hydroxylation is 2. The van der Waals surface area contributed by atoms with E-state index in [1.165, 1.54) is 4.90 Å². The van der Waals surface area contributed by atoms with Gasteiger partial charge < -0.3 is 20.3 Å². The fourth-order valence-corrected chi connectivity index (χ4v) is 4.35. The van der Waals surface area contributed by atoms with Crippen molar-refractivity contribution < 1.29 is 14.3 Å². The maximum atomic E-state index is 13.5. The van der Waals surface area contributed by atoms with Gasteiger partial charge in [0, 0.05) is 17.8 Å². The van der Waals surface area contributed by atoms with Gasteiger partial charge >= 0.3 is 6.03 Å². The van der Waals surface area contributed by atoms with Crippen molar-refractivity contribution in [2.75, 3.05) is 30.8 Å². The van der Waals surface area contributed by atoms with E-state index in [0.717, 1.165) is 33.8 Å². The first kappa shape index (κ1) is 27.4. The molecule has 8 nitrogen and oxygen atoms in total. The van der Waals surface area contributed by atoms with Gasteiger partial charge in [0.2, 0.25) is 5.91 Å². The average molecular weight is 526 g/mol. The molecule has 2 N–H and O–H groups in total. The minimum atomic E-state index is -0.328. The molecule has 3 aromatic carbocycles. The van der Waals surface area contributed by atoms with E-state index in [-0.39, 0.29) is 24.4 Å². The van der Waals surface area contributed by atoms with Crippen LogP contribution in [0.15, 0.2) is 78.9 Å². The van der Waals surface area contributed by atoms with Crippen molar-refractivity contribution in [2.24, 2.45) is 5.92 Å². The third-order valence-corrected chi connectivity index (χ3v) is 6.21. The molecule has 0 unspecified atom stereocenters. The van der Waals surface area contributed by atoms with Crippen LogP contribution in [0.3, 0.4) is 0 Å². The van der Waals surface area contributed by atoms with Crippen molar-refractivity contribution in [3.8, 4) is 22.6 Å². The Kier molecular flexibility index (Phi) is 8.66. The van der Waals surface area contributed by atoms with Crippen LogP contribution in [0.25, 0.3) is 16.8 Å². The molecule has 0 bridgehead atoms. The molecule has 0 aliphatic heterocycles. The topological polar surface area (TPSA) is 88.5 Å². The monoisotopic (exact) mass is 525 g/mol. The maximum absolute atomic E-state index is 13.5. The second-order valence-electron chi connectivity index (χ2n) is 9.90. The van der Waals surface area contributed by atoms with Gasteiger partial charge in [-0.3, -0.25) is 4.79 Å². The zero-order chi connectivity index (χ0) is 27.9. The number of hydrogen-bond donors (Lipinski definition) is 2. The summed E-state index contributed by atoms with van der Waals surface area (Å²) in [6.07, 6.45) is 0. The molecule has 4 rings (SSSR count). The van der Waals surface area contributed by atoms with E-state index in [4.69, 9.17) is 9.84 Å². The molecule has 39 heavy (non-hydrogen) atoms. The van der Waals surface area contributed by atoms with Gasteiger partial charge in [0.1, 0.15) is 18.1 Å². The molecule has 0 aliphatic rings. The fraction of sp³-hybridized carbons (Fsp3) is 0.258. The van der Waals surface area contributed by atoms with Crippen LogP contribution in [0.4, 0.5) is 16.3 Å². The number of benzene rings is 3. The minimum Gasteiger partial charge on any atom is -0.497 e. The molecule has 0 fully saturated rings. The summed E-state index contributed by atoms with van der Waals surface area (Å²) in [7, 11) is 1.62. The molecule has 4 aromatic rings.